The summed E-state index contributed by atoms with van der Waals surface area (Å²) in [5, 5.41) is 8.88. The first-order valence-corrected chi connectivity index (χ1v) is 5.00. The van der Waals surface area contributed by atoms with Gasteiger partial charge in [0, 0.05) is 10.6 Å². The van der Waals surface area contributed by atoms with Crippen LogP contribution < -0.4 is 0 Å². The van der Waals surface area contributed by atoms with Gasteiger partial charge in [-0.1, -0.05) is 28.7 Å². The molecule has 0 aliphatic carbocycles. The molecule has 0 amide bonds. The summed E-state index contributed by atoms with van der Waals surface area (Å²) in [7, 11) is 0. The summed E-state index contributed by atoms with van der Waals surface area (Å²) >= 11 is 2.31. The van der Waals surface area contributed by atoms with Gasteiger partial charge in [-0.3, -0.25) is 4.98 Å². The van der Waals surface area contributed by atoms with Crippen LogP contribution in [-0.2, 0) is 13.0 Å². The molecule has 0 aromatic carbocycles. The fourth-order valence-corrected chi connectivity index (χ4v) is 1.52. The molecule has 1 aromatic rings. The van der Waals surface area contributed by atoms with Crippen LogP contribution in [0.4, 0.5) is 0 Å². The summed E-state index contributed by atoms with van der Waals surface area (Å²) in [5.41, 5.74) is 1.97. The Kier molecular flexibility index (Phi) is 3.79. The molecule has 60 valence electrons. The number of alkyl halides is 1. The first kappa shape index (κ1) is 8.93. The number of aliphatic hydroxyl groups excluding tert-OH is 1. The lowest BCUT2D eigenvalue weighted by atomic mass is 10.1. The summed E-state index contributed by atoms with van der Waals surface area (Å²) in [6.07, 6.45) is 2.70. The van der Waals surface area contributed by atoms with Gasteiger partial charge in [0.25, 0.3) is 0 Å². The largest absolute Gasteiger partial charge is 0.390 e. The van der Waals surface area contributed by atoms with Gasteiger partial charge in [-0.25, -0.2) is 0 Å². The highest BCUT2D eigenvalue weighted by Crippen LogP contribution is 2.07. The zero-order chi connectivity index (χ0) is 8.10. The van der Waals surface area contributed by atoms with Crippen molar-refractivity contribution in [2.45, 2.75) is 13.0 Å². The van der Waals surface area contributed by atoms with Crippen LogP contribution in [0.5, 0.6) is 0 Å². The molecular weight excluding hydrogens is 253 g/mol. The normalized spacial score (nSPS) is 10.0. The Balaban J connectivity index is 2.83. The van der Waals surface area contributed by atoms with Crippen molar-refractivity contribution in [1.82, 2.24) is 4.98 Å². The maximum atomic E-state index is 8.88. The van der Waals surface area contributed by atoms with Gasteiger partial charge in [0.2, 0.25) is 0 Å². The standard InChI is InChI=1S/C8H10INO/c9-4-3-7-2-1-5-10-8(7)6-11/h1-2,5,11H,3-4,6H2. The number of halogens is 1. The smallest absolute Gasteiger partial charge is 0.0855 e. The lowest BCUT2D eigenvalue weighted by Gasteiger charge is -2.02. The Morgan fingerprint density at radius 1 is 1.55 bits per heavy atom. The second-order valence-electron chi connectivity index (χ2n) is 2.21. The fourth-order valence-electron chi connectivity index (χ4n) is 0.943. The van der Waals surface area contributed by atoms with E-state index in [2.05, 4.69) is 27.6 Å². The highest BCUT2D eigenvalue weighted by atomic mass is 127. The highest BCUT2D eigenvalue weighted by Gasteiger charge is 1.99. The van der Waals surface area contributed by atoms with Crippen LogP contribution in [0.25, 0.3) is 0 Å². The number of aryl methyl sites for hydroxylation is 1. The van der Waals surface area contributed by atoms with Gasteiger partial charge in [-0.05, 0) is 18.1 Å². The number of hydrogen-bond donors (Lipinski definition) is 1. The van der Waals surface area contributed by atoms with Crippen molar-refractivity contribution < 1.29 is 5.11 Å². The molecule has 0 saturated carbocycles. The Hall–Kier alpha value is -0.160. The predicted octanol–water partition coefficient (Wildman–Crippen LogP) is 1.55. The Morgan fingerprint density at radius 2 is 2.36 bits per heavy atom. The van der Waals surface area contributed by atoms with Crippen LogP contribution in [-0.4, -0.2) is 14.5 Å². The van der Waals surface area contributed by atoms with Crippen molar-refractivity contribution in [3.8, 4) is 0 Å². The number of aromatic nitrogens is 1. The maximum absolute atomic E-state index is 8.88. The molecule has 3 heteroatoms. The van der Waals surface area contributed by atoms with Crippen molar-refractivity contribution in [3.63, 3.8) is 0 Å². The van der Waals surface area contributed by atoms with E-state index in [-0.39, 0.29) is 6.61 Å². The number of nitrogens with zero attached hydrogens (tertiary/aromatic N) is 1. The first-order valence-electron chi connectivity index (χ1n) is 3.48. The van der Waals surface area contributed by atoms with Crippen LogP contribution in [0.1, 0.15) is 11.3 Å². The average molecular weight is 263 g/mol. The molecule has 2 nitrogen and oxygen atoms in total. The van der Waals surface area contributed by atoms with Gasteiger partial charge in [-0.2, -0.15) is 0 Å². The Bertz CT molecular complexity index is 227. The highest BCUT2D eigenvalue weighted by molar-refractivity contribution is 14.1. The van der Waals surface area contributed by atoms with Crippen LogP contribution in [0.2, 0.25) is 0 Å². The molecule has 0 aliphatic heterocycles. The van der Waals surface area contributed by atoms with E-state index < -0.39 is 0 Å². The lowest BCUT2D eigenvalue weighted by molar-refractivity contribution is 0.275. The molecule has 1 heterocycles. The van der Waals surface area contributed by atoms with Gasteiger partial charge < -0.3 is 5.11 Å². The quantitative estimate of drug-likeness (QED) is 0.663. The monoisotopic (exact) mass is 263 g/mol. The van der Waals surface area contributed by atoms with Crippen molar-refractivity contribution in [1.29, 1.82) is 0 Å². The molecule has 1 N–H and O–H groups in total. The molecule has 11 heavy (non-hydrogen) atoms. The van der Waals surface area contributed by atoms with Crippen LogP contribution >= 0.6 is 22.6 Å². The topological polar surface area (TPSA) is 33.1 Å². The Labute approximate surface area is 79.8 Å². The third-order valence-corrected chi connectivity index (χ3v) is 2.04. The fraction of sp³-hybridized carbons (Fsp3) is 0.375. The molecule has 1 aromatic heterocycles. The third kappa shape index (κ3) is 2.41. The minimum absolute atomic E-state index is 0.0484. The van der Waals surface area contributed by atoms with Gasteiger partial charge in [-0.15, -0.1) is 0 Å². The SMILES string of the molecule is OCc1ncccc1CCI. The van der Waals surface area contributed by atoms with E-state index in [1.165, 1.54) is 0 Å². The molecular formula is C8H10INO. The lowest BCUT2D eigenvalue weighted by Crippen LogP contribution is -1.97. The van der Waals surface area contributed by atoms with Crippen molar-refractivity contribution in [2.24, 2.45) is 0 Å². The van der Waals surface area contributed by atoms with E-state index in [0.29, 0.717) is 0 Å². The molecule has 0 unspecified atom stereocenters. The van der Waals surface area contributed by atoms with Gasteiger partial charge >= 0.3 is 0 Å². The van der Waals surface area contributed by atoms with E-state index in [0.717, 1.165) is 22.1 Å². The minimum Gasteiger partial charge on any atom is -0.390 e. The van der Waals surface area contributed by atoms with E-state index in [1.54, 1.807) is 6.20 Å². The van der Waals surface area contributed by atoms with Gasteiger partial charge in [0.1, 0.15) is 0 Å². The summed E-state index contributed by atoms with van der Waals surface area (Å²) in [4.78, 5) is 4.06. The van der Waals surface area contributed by atoms with Crippen LogP contribution in [0.15, 0.2) is 18.3 Å². The van der Waals surface area contributed by atoms with Crippen molar-refractivity contribution in [2.75, 3.05) is 4.43 Å². The second kappa shape index (κ2) is 4.66. The minimum atomic E-state index is 0.0484. The Morgan fingerprint density at radius 3 is 3.00 bits per heavy atom. The van der Waals surface area contributed by atoms with Crippen molar-refractivity contribution >= 4 is 22.6 Å². The van der Waals surface area contributed by atoms with E-state index in [9.17, 15) is 0 Å². The van der Waals surface area contributed by atoms with E-state index in [1.807, 2.05) is 12.1 Å². The zero-order valence-corrected chi connectivity index (χ0v) is 8.28. The molecule has 0 radical (unpaired) electrons. The van der Waals surface area contributed by atoms with E-state index in [4.69, 9.17) is 5.11 Å². The van der Waals surface area contributed by atoms with Crippen LogP contribution in [0.3, 0.4) is 0 Å². The number of hydrogen-bond acceptors (Lipinski definition) is 2. The molecule has 0 atom stereocenters. The second-order valence-corrected chi connectivity index (χ2v) is 3.29. The summed E-state index contributed by atoms with van der Waals surface area (Å²) in [5.74, 6) is 0. The average Bonchev–Trinajstić information content (AvgIpc) is 2.06. The first-order chi connectivity index (χ1) is 5.38. The number of pyridine rings is 1. The summed E-state index contributed by atoms with van der Waals surface area (Å²) in [6, 6.07) is 3.91. The third-order valence-electron chi connectivity index (χ3n) is 1.50. The zero-order valence-electron chi connectivity index (χ0n) is 6.13. The number of rotatable bonds is 3. The molecule has 1 rings (SSSR count). The maximum Gasteiger partial charge on any atom is 0.0855 e. The molecule has 0 aliphatic rings. The predicted molar refractivity (Wildman–Crippen MR) is 52.8 cm³/mol. The molecule has 0 bridgehead atoms. The number of aliphatic hydroxyl groups is 1. The van der Waals surface area contributed by atoms with Crippen molar-refractivity contribution in [3.05, 3.63) is 29.6 Å². The summed E-state index contributed by atoms with van der Waals surface area (Å²) < 4.78 is 1.07. The van der Waals surface area contributed by atoms with E-state index >= 15 is 0 Å². The van der Waals surface area contributed by atoms with Gasteiger partial charge in [0.15, 0.2) is 0 Å². The molecule has 0 fully saturated rings. The molecule has 0 saturated heterocycles. The van der Waals surface area contributed by atoms with Crippen LogP contribution in [0, 0.1) is 0 Å². The summed E-state index contributed by atoms with van der Waals surface area (Å²) in [6.45, 7) is 0.0484. The molecule has 0 spiro atoms. The van der Waals surface area contributed by atoms with Gasteiger partial charge in [0.05, 0.1) is 12.3 Å².